The first-order valence-electron chi connectivity index (χ1n) is 6.92. The highest BCUT2D eigenvalue weighted by Crippen LogP contribution is 2.22. The molecular weight excluding hydrogens is 228 g/mol. The zero-order valence-electron chi connectivity index (χ0n) is 12.0. The van der Waals surface area contributed by atoms with Gasteiger partial charge in [0.25, 0.3) is 0 Å². The maximum Gasteiger partial charge on any atom is 0.237 e. The van der Waals surface area contributed by atoms with Crippen LogP contribution in [0.25, 0.3) is 0 Å². The molecule has 0 radical (unpaired) electrons. The Bertz CT molecular complexity index is 270. The highest BCUT2D eigenvalue weighted by molar-refractivity contribution is 5.84. The standard InChI is InChI=1S/C13H28N4O/c1-4-17-9-5-6-13(7-10-17,12(14)18)15-8-11-16(2)3/h15H,4-11H2,1-3H3,(H2,14,18). The van der Waals surface area contributed by atoms with E-state index < -0.39 is 5.54 Å². The maximum atomic E-state index is 11.8. The molecular formula is C13H28N4O. The van der Waals surface area contributed by atoms with E-state index in [0.717, 1.165) is 52.0 Å². The Morgan fingerprint density at radius 1 is 1.39 bits per heavy atom. The average molecular weight is 256 g/mol. The molecule has 0 saturated carbocycles. The van der Waals surface area contributed by atoms with E-state index in [-0.39, 0.29) is 5.91 Å². The fourth-order valence-electron chi connectivity index (χ4n) is 2.54. The number of likely N-dealkylation sites (N-methyl/N-ethyl adjacent to an activating group) is 1. The predicted octanol–water partition coefficient (Wildman–Crippen LogP) is -0.132. The van der Waals surface area contributed by atoms with Gasteiger partial charge in [-0.25, -0.2) is 0 Å². The molecule has 1 atom stereocenters. The van der Waals surface area contributed by atoms with Crippen molar-refractivity contribution in [2.75, 3.05) is 46.8 Å². The number of likely N-dealkylation sites (tertiary alicyclic amines) is 1. The zero-order chi connectivity index (χ0) is 13.6. The number of nitrogens with zero attached hydrogens (tertiary/aromatic N) is 2. The van der Waals surface area contributed by atoms with Crippen molar-refractivity contribution in [3.05, 3.63) is 0 Å². The topological polar surface area (TPSA) is 61.6 Å². The van der Waals surface area contributed by atoms with Crippen LogP contribution in [0.15, 0.2) is 0 Å². The van der Waals surface area contributed by atoms with Crippen LogP contribution in [0.3, 0.4) is 0 Å². The molecule has 3 N–H and O–H groups in total. The van der Waals surface area contributed by atoms with Crippen molar-refractivity contribution in [2.24, 2.45) is 5.73 Å². The van der Waals surface area contributed by atoms with Gasteiger partial charge in [-0.2, -0.15) is 0 Å². The van der Waals surface area contributed by atoms with Crippen molar-refractivity contribution in [1.82, 2.24) is 15.1 Å². The molecule has 18 heavy (non-hydrogen) atoms. The largest absolute Gasteiger partial charge is 0.368 e. The molecule has 1 heterocycles. The van der Waals surface area contributed by atoms with Gasteiger partial charge in [-0.05, 0) is 46.4 Å². The number of carbonyl (C=O) groups excluding carboxylic acids is 1. The van der Waals surface area contributed by atoms with Crippen molar-refractivity contribution in [3.8, 4) is 0 Å². The molecule has 1 fully saturated rings. The van der Waals surface area contributed by atoms with Crippen LogP contribution in [0, 0.1) is 0 Å². The molecule has 0 bridgehead atoms. The van der Waals surface area contributed by atoms with Crippen molar-refractivity contribution in [1.29, 1.82) is 0 Å². The Kier molecular flexibility index (Phi) is 6.05. The summed E-state index contributed by atoms with van der Waals surface area (Å²) in [5, 5.41) is 3.41. The summed E-state index contributed by atoms with van der Waals surface area (Å²) in [6, 6.07) is 0. The van der Waals surface area contributed by atoms with Crippen LogP contribution >= 0.6 is 0 Å². The van der Waals surface area contributed by atoms with Crippen LogP contribution in [0.2, 0.25) is 0 Å². The third-order valence-corrected chi connectivity index (χ3v) is 3.87. The lowest BCUT2D eigenvalue weighted by Crippen LogP contribution is -2.57. The second-order valence-electron chi connectivity index (χ2n) is 5.46. The van der Waals surface area contributed by atoms with Gasteiger partial charge in [0.15, 0.2) is 0 Å². The van der Waals surface area contributed by atoms with Gasteiger partial charge in [-0.3, -0.25) is 4.79 Å². The number of hydrogen-bond donors (Lipinski definition) is 2. The van der Waals surface area contributed by atoms with Crippen LogP contribution < -0.4 is 11.1 Å². The summed E-state index contributed by atoms with van der Waals surface area (Å²) in [7, 11) is 4.06. The second kappa shape index (κ2) is 7.07. The third kappa shape index (κ3) is 4.23. The van der Waals surface area contributed by atoms with Crippen LogP contribution in [-0.2, 0) is 4.79 Å². The van der Waals surface area contributed by atoms with Gasteiger partial charge in [0.2, 0.25) is 5.91 Å². The molecule has 5 heteroatoms. The van der Waals surface area contributed by atoms with E-state index in [1.54, 1.807) is 0 Å². The molecule has 1 aliphatic rings. The van der Waals surface area contributed by atoms with Crippen LogP contribution in [-0.4, -0.2) is 68.1 Å². The number of rotatable bonds is 6. The van der Waals surface area contributed by atoms with Gasteiger partial charge in [-0.15, -0.1) is 0 Å². The van der Waals surface area contributed by atoms with Crippen molar-refractivity contribution < 1.29 is 4.79 Å². The lowest BCUT2D eigenvalue weighted by atomic mass is 9.89. The Morgan fingerprint density at radius 2 is 2.11 bits per heavy atom. The number of carbonyl (C=O) groups is 1. The molecule has 1 unspecified atom stereocenters. The van der Waals surface area contributed by atoms with Crippen LogP contribution in [0.4, 0.5) is 0 Å². The summed E-state index contributed by atoms with van der Waals surface area (Å²) in [6.07, 6.45) is 2.71. The van der Waals surface area contributed by atoms with Gasteiger partial charge in [0, 0.05) is 19.6 Å². The Morgan fingerprint density at radius 3 is 2.67 bits per heavy atom. The minimum atomic E-state index is -0.500. The number of amides is 1. The number of nitrogens with one attached hydrogen (secondary N) is 1. The monoisotopic (exact) mass is 256 g/mol. The lowest BCUT2D eigenvalue weighted by Gasteiger charge is -2.31. The quantitative estimate of drug-likeness (QED) is 0.695. The molecule has 1 rings (SSSR count). The predicted molar refractivity (Wildman–Crippen MR) is 74.4 cm³/mol. The molecule has 0 spiro atoms. The van der Waals surface area contributed by atoms with E-state index in [9.17, 15) is 4.79 Å². The first kappa shape index (κ1) is 15.4. The first-order chi connectivity index (χ1) is 8.50. The molecule has 0 aromatic rings. The number of primary amides is 1. The summed E-state index contributed by atoms with van der Waals surface area (Å²) in [4.78, 5) is 16.3. The Balaban J connectivity index is 2.59. The SMILES string of the molecule is CCN1CCCC(NCCN(C)C)(C(N)=O)CC1. The molecule has 1 amide bonds. The zero-order valence-corrected chi connectivity index (χ0v) is 12.0. The normalized spacial score (nSPS) is 26.2. The smallest absolute Gasteiger partial charge is 0.237 e. The molecule has 0 aliphatic carbocycles. The minimum absolute atomic E-state index is 0.195. The van der Waals surface area contributed by atoms with Crippen molar-refractivity contribution in [2.45, 2.75) is 31.7 Å². The Hall–Kier alpha value is -0.650. The molecule has 5 nitrogen and oxygen atoms in total. The molecule has 0 aromatic heterocycles. The van der Waals surface area contributed by atoms with Gasteiger partial charge < -0.3 is 20.9 Å². The van der Waals surface area contributed by atoms with Crippen LogP contribution in [0.1, 0.15) is 26.2 Å². The van der Waals surface area contributed by atoms with Gasteiger partial charge in [0.05, 0.1) is 5.54 Å². The number of hydrogen-bond acceptors (Lipinski definition) is 4. The lowest BCUT2D eigenvalue weighted by molar-refractivity contribution is -0.125. The fraction of sp³-hybridized carbons (Fsp3) is 0.923. The second-order valence-corrected chi connectivity index (χ2v) is 5.46. The van der Waals surface area contributed by atoms with E-state index in [1.165, 1.54) is 0 Å². The van der Waals surface area contributed by atoms with Crippen molar-refractivity contribution >= 4 is 5.91 Å². The minimum Gasteiger partial charge on any atom is -0.368 e. The summed E-state index contributed by atoms with van der Waals surface area (Å²) < 4.78 is 0. The number of nitrogens with two attached hydrogens (primary N) is 1. The van der Waals surface area contributed by atoms with Crippen molar-refractivity contribution in [3.63, 3.8) is 0 Å². The first-order valence-corrected chi connectivity index (χ1v) is 6.92. The van der Waals surface area contributed by atoms with E-state index in [4.69, 9.17) is 5.73 Å². The summed E-state index contributed by atoms with van der Waals surface area (Å²) >= 11 is 0. The van der Waals surface area contributed by atoms with E-state index in [0.29, 0.717) is 0 Å². The molecule has 1 aliphatic heterocycles. The molecule has 0 aromatic carbocycles. The summed E-state index contributed by atoms with van der Waals surface area (Å²) in [6.45, 7) is 6.97. The average Bonchev–Trinajstić information content (AvgIpc) is 2.52. The highest BCUT2D eigenvalue weighted by atomic mass is 16.1. The maximum absolute atomic E-state index is 11.8. The fourth-order valence-corrected chi connectivity index (χ4v) is 2.54. The van der Waals surface area contributed by atoms with Gasteiger partial charge in [-0.1, -0.05) is 6.92 Å². The molecule has 106 valence electrons. The molecule has 1 saturated heterocycles. The summed E-state index contributed by atoms with van der Waals surface area (Å²) in [5.41, 5.74) is 5.14. The van der Waals surface area contributed by atoms with E-state index in [2.05, 4.69) is 22.0 Å². The third-order valence-electron chi connectivity index (χ3n) is 3.87. The van der Waals surface area contributed by atoms with E-state index >= 15 is 0 Å². The summed E-state index contributed by atoms with van der Waals surface area (Å²) in [5.74, 6) is -0.195. The van der Waals surface area contributed by atoms with E-state index in [1.807, 2.05) is 14.1 Å². The van der Waals surface area contributed by atoms with Gasteiger partial charge in [0.1, 0.15) is 0 Å². The van der Waals surface area contributed by atoms with Gasteiger partial charge >= 0.3 is 0 Å². The van der Waals surface area contributed by atoms with Crippen LogP contribution in [0.5, 0.6) is 0 Å². The highest BCUT2D eigenvalue weighted by Gasteiger charge is 2.37. The Labute approximate surface area is 111 Å².